The fourth-order valence-electron chi connectivity index (χ4n) is 1.74. The third-order valence-corrected chi connectivity index (χ3v) is 2.91. The average Bonchev–Trinajstić information content (AvgIpc) is 2.34. The van der Waals surface area contributed by atoms with Gasteiger partial charge in [0.05, 0.1) is 0 Å². The summed E-state index contributed by atoms with van der Waals surface area (Å²) in [7, 11) is 0. The second-order valence-corrected chi connectivity index (χ2v) is 7.47. The number of imide groups is 1. The quantitative estimate of drug-likeness (QED) is 0.731. The highest BCUT2D eigenvalue weighted by molar-refractivity contribution is 6.30. The van der Waals surface area contributed by atoms with Crippen LogP contribution in [-0.2, 0) is 15.9 Å². The van der Waals surface area contributed by atoms with Crippen LogP contribution >= 0.6 is 11.6 Å². The van der Waals surface area contributed by atoms with Crippen molar-refractivity contribution in [1.82, 2.24) is 9.97 Å². The molecule has 0 aliphatic carbocycles. The monoisotopic (exact) mass is 357 g/mol. The van der Waals surface area contributed by atoms with E-state index in [1.165, 1.54) is 6.33 Å². The Hall–Kier alpha value is -1.89. The van der Waals surface area contributed by atoms with E-state index in [0.717, 1.165) is 4.90 Å². The minimum atomic E-state index is -0.888. The van der Waals surface area contributed by atoms with E-state index in [4.69, 9.17) is 21.1 Å². The number of carbonyl (C=O) groups excluding carboxylic acids is 2. The van der Waals surface area contributed by atoms with Gasteiger partial charge in [-0.25, -0.2) is 19.6 Å². The fourth-order valence-corrected chi connectivity index (χ4v) is 2.00. The molecule has 134 valence electrons. The van der Waals surface area contributed by atoms with Crippen LogP contribution in [0.25, 0.3) is 0 Å². The van der Waals surface area contributed by atoms with Gasteiger partial charge in [-0.3, -0.25) is 0 Å². The maximum absolute atomic E-state index is 12.6. The van der Waals surface area contributed by atoms with Gasteiger partial charge >= 0.3 is 12.2 Å². The maximum Gasteiger partial charge on any atom is 0.425 e. The molecule has 0 unspecified atom stereocenters. The summed E-state index contributed by atoms with van der Waals surface area (Å²) in [4.78, 5) is 33.8. The molecule has 0 aliphatic rings. The minimum absolute atomic E-state index is 0.0565. The van der Waals surface area contributed by atoms with Gasteiger partial charge in [-0.2, -0.15) is 4.90 Å². The normalized spacial score (nSPS) is 11.8. The first-order chi connectivity index (χ1) is 10.9. The maximum atomic E-state index is 12.6. The van der Waals surface area contributed by atoms with Gasteiger partial charge in [0.25, 0.3) is 0 Å². The van der Waals surface area contributed by atoms with Gasteiger partial charge in [0.15, 0.2) is 5.82 Å². The number of nitrogens with zero attached hydrogens (tertiary/aromatic N) is 3. The van der Waals surface area contributed by atoms with E-state index in [1.807, 2.05) is 6.92 Å². The van der Waals surface area contributed by atoms with Gasteiger partial charge in [-0.15, -0.1) is 0 Å². The van der Waals surface area contributed by atoms with Crippen molar-refractivity contribution in [2.75, 3.05) is 4.90 Å². The first-order valence-electron chi connectivity index (χ1n) is 7.61. The fraction of sp³-hybridized carbons (Fsp3) is 0.625. The van der Waals surface area contributed by atoms with Crippen molar-refractivity contribution in [3.63, 3.8) is 0 Å². The number of rotatable bonds is 2. The van der Waals surface area contributed by atoms with Crippen molar-refractivity contribution in [3.8, 4) is 0 Å². The van der Waals surface area contributed by atoms with Gasteiger partial charge in [0.1, 0.15) is 22.7 Å². The van der Waals surface area contributed by atoms with E-state index in [-0.39, 0.29) is 11.0 Å². The summed E-state index contributed by atoms with van der Waals surface area (Å²) in [5.74, 6) is 0.0565. The molecular weight excluding hydrogens is 334 g/mol. The van der Waals surface area contributed by atoms with Crippen molar-refractivity contribution in [2.45, 2.75) is 66.1 Å². The highest BCUT2D eigenvalue weighted by Gasteiger charge is 2.35. The molecule has 0 N–H and O–H groups in total. The zero-order valence-electron chi connectivity index (χ0n) is 15.1. The summed E-state index contributed by atoms with van der Waals surface area (Å²) in [6, 6.07) is 0. The van der Waals surface area contributed by atoms with Crippen LogP contribution in [-0.4, -0.2) is 33.4 Å². The Morgan fingerprint density at radius 1 is 1.04 bits per heavy atom. The summed E-state index contributed by atoms with van der Waals surface area (Å²) in [5.41, 5.74) is -1.13. The molecule has 1 aromatic heterocycles. The van der Waals surface area contributed by atoms with E-state index >= 15 is 0 Å². The molecule has 1 heterocycles. The minimum Gasteiger partial charge on any atom is -0.443 e. The van der Waals surface area contributed by atoms with Crippen LogP contribution in [0.4, 0.5) is 15.4 Å². The van der Waals surface area contributed by atoms with Crippen LogP contribution in [0.1, 0.15) is 54.0 Å². The number of halogens is 1. The summed E-state index contributed by atoms with van der Waals surface area (Å²) in [6.45, 7) is 12.0. The largest absolute Gasteiger partial charge is 0.443 e. The summed E-state index contributed by atoms with van der Waals surface area (Å²) in [5, 5.41) is 0.166. The standard InChI is InChI=1S/C16H24ClN3O4/c1-8-10-11(17)18-9-19-12(10)20(13(21)23-15(2,3)4)14(22)24-16(5,6)7/h9H,8H2,1-7H3. The van der Waals surface area contributed by atoms with E-state index in [1.54, 1.807) is 41.5 Å². The molecule has 8 heteroatoms. The second kappa shape index (κ2) is 7.34. The second-order valence-electron chi connectivity index (χ2n) is 7.12. The van der Waals surface area contributed by atoms with Gasteiger partial charge < -0.3 is 9.47 Å². The molecule has 2 amide bonds. The Morgan fingerprint density at radius 3 is 1.88 bits per heavy atom. The number of aromatic nitrogens is 2. The van der Waals surface area contributed by atoms with E-state index in [9.17, 15) is 9.59 Å². The van der Waals surface area contributed by atoms with E-state index in [0.29, 0.717) is 12.0 Å². The van der Waals surface area contributed by atoms with Crippen LogP contribution < -0.4 is 4.90 Å². The molecule has 7 nitrogen and oxygen atoms in total. The third-order valence-electron chi connectivity index (χ3n) is 2.59. The lowest BCUT2D eigenvalue weighted by atomic mass is 10.2. The number of amides is 2. The van der Waals surface area contributed by atoms with Crippen LogP contribution in [0.3, 0.4) is 0 Å². The SMILES string of the molecule is CCc1c(Cl)ncnc1N(C(=O)OC(C)(C)C)C(=O)OC(C)(C)C. The number of anilines is 1. The number of hydrogen-bond donors (Lipinski definition) is 0. The third kappa shape index (κ3) is 5.63. The molecule has 1 aromatic rings. The average molecular weight is 358 g/mol. The molecule has 1 rings (SSSR count). The summed E-state index contributed by atoms with van der Waals surface area (Å²) in [6.07, 6.45) is -0.169. The first-order valence-corrected chi connectivity index (χ1v) is 7.99. The molecule has 0 spiro atoms. The van der Waals surface area contributed by atoms with E-state index in [2.05, 4.69) is 9.97 Å². The highest BCUT2D eigenvalue weighted by atomic mass is 35.5. The van der Waals surface area contributed by atoms with Crippen LogP contribution in [0, 0.1) is 0 Å². The summed E-state index contributed by atoms with van der Waals surface area (Å²) < 4.78 is 10.6. The van der Waals surface area contributed by atoms with Crippen LogP contribution in [0.15, 0.2) is 6.33 Å². The first kappa shape index (κ1) is 20.2. The summed E-state index contributed by atoms with van der Waals surface area (Å²) >= 11 is 6.07. The topological polar surface area (TPSA) is 81.6 Å². The van der Waals surface area contributed by atoms with Crippen molar-refractivity contribution in [3.05, 3.63) is 17.0 Å². The van der Waals surface area contributed by atoms with Crippen molar-refractivity contribution in [2.24, 2.45) is 0 Å². The number of ether oxygens (including phenoxy) is 2. The number of carbonyl (C=O) groups is 2. The van der Waals surface area contributed by atoms with Crippen molar-refractivity contribution in [1.29, 1.82) is 0 Å². The lowest BCUT2D eigenvalue weighted by Crippen LogP contribution is -2.44. The molecule has 0 atom stereocenters. The lowest BCUT2D eigenvalue weighted by Gasteiger charge is -2.28. The zero-order valence-corrected chi connectivity index (χ0v) is 15.9. The molecule has 0 aromatic carbocycles. The Bertz CT molecular complexity index is 593. The zero-order chi connectivity index (χ0) is 18.7. The van der Waals surface area contributed by atoms with Crippen LogP contribution in [0.5, 0.6) is 0 Å². The van der Waals surface area contributed by atoms with E-state index < -0.39 is 23.4 Å². The Labute approximate surface area is 147 Å². The Balaban J connectivity index is 3.36. The smallest absolute Gasteiger partial charge is 0.425 e. The van der Waals surface area contributed by atoms with Gasteiger partial charge in [0, 0.05) is 5.56 Å². The molecule has 0 aliphatic heterocycles. The Kier molecular flexibility index (Phi) is 6.16. The van der Waals surface area contributed by atoms with Gasteiger partial charge in [-0.1, -0.05) is 18.5 Å². The lowest BCUT2D eigenvalue weighted by molar-refractivity contribution is 0.0428. The molecule has 0 saturated heterocycles. The molecule has 0 saturated carbocycles. The number of hydrogen-bond acceptors (Lipinski definition) is 6. The predicted octanol–water partition coefficient (Wildman–Crippen LogP) is 4.37. The predicted molar refractivity (Wildman–Crippen MR) is 91.4 cm³/mol. The Morgan fingerprint density at radius 2 is 1.50 bits per heavy atom. The highest BCUT2D eigenvalue weighted by Crippen LogP contribution is 2.27. The van der Waals surface area contributed by atoms with Crippen molar-refractivity contribution < 1.29 is 19.1 Å². The molecule has 0 bridgehead atoms. The van der Waals surface area contributed by atoms with Crippen molar-refractivity contribution >= 4 is 29.6 Å². The molecule has 0 radical (unpaired) electrons. The van der Waals surface area contributed by atoms with Gasteiger partial charge in [-0.05, 0) is 48.0 Å². The molecule has 0 fully saturated rings. The molecular formula is C16H24ClN3O4. The molecule has 24 heavy (non-hydrogen) atoms. The van der Waals surface area contributed by atoms with Crippen LogP contribution in [0.2, 0.25) is 5.15 Å². The van der Waals surface area contributed by atoms with Gasteiger partial charge in [0.2, 0.25) is 0 Å².